The Morgan fingerprint density at radius 1 is 0.877 bits per heavy atom. The van der Waals surface area contributed by atoms with Gasteiger partial charge in [-0.1, -0.05) is 30.7 Å². The Morgan fingerprint density at radius 3 is 2.35 bits per heavy atom. The Hall–Kier alpha value is -5.99. The number of hydrogen-bond donors (Lipinski definition) is 3. The van der Waals surface area contributed by atoms with Crippen LogP contribution in [0.5, 0.6) is 5.75 Å². The fourth-order valence-corrected chi connectivity index (χ4v) is 8.28. The van der Waals surface area contributed by atoms with Crippen LogP contribution in [-0.2, 0) is 22.7 Å². The van der Waals surface area contributed by atoms with E-state index in [2.05, 4.69) is 10.3 Å². The zero-order valence-corrected chi connectivity index (χ0v) is 31.5. The molecule has 2 aliphatic rings. The Labute approximate surface area is 327 Å². The van der Waals surface area contributed by atoms with E-state index < -0.39 is 30.6 Å². The Morgan fingerprint density at radius 2 is 1.58 bits per heavy atom. The highest BCUT2D eigenvalue weighted by Gasteiger charge is 2.32. The summed E-state index contributed by atoms with van der Waals surface area (Å²) in [5.74, 6) is -0.908. The third-order valence-electron chi connectivity index (χ3n) is 11.2. The Balaban J connectivity index is 1.07. The minimum absolute atomic E-state index is 0.0793. The van der Waals surface area contributed by atoms with E-state index in [0.717, 1.165) is 63.8 Å². The first-order valence-electron chi connectivity index (χ1n) is 19.1. The molecular weight excluding hydrogens is 735 g/mol. The van der Waals surface area contributed by atoms with Gasteiger partial charge < -0.3 is 24.7 Å². The van der Waals surface area contributed by atoms with E-state index in [0.29, 0.717) is 60.7 Å². The molecule has 5 heterocycles. The number of hydrogen-bond acceptors (Lipinski definition) is 10. The number of halogens is 2. The summed E-state index contributed by atoms with van der Waals surface area (Å²) in [5.41, 5.74) is 8.09. The number of ether oxygens (including phenoxy) is 1. The lowest BCUT2D eigenvalue weighted by atomic mass is 9.93. The first kappa shape index (κ1) is 37.9. The molecule has 2 unspecified atom stereocenters. The van der Waals surface area contributed by atoms with E-state index in [1.54, 1.807) is 23.4 Å². The summed E-state index contributed by atoms with van der Waals surface area (Å²) < 4.78 is 38.1. The highest BCUT2D eigenvalue weighted by atomic mass is 19.3. The molecule has 14 heteroatoms. The normalized spacial score (nSPS) is 17.8. The zero-order chi connectivity index (χ0) is 39.8. The van der Waals surface area contributed by atoms with Crippen LogP contribution in [0.2, 0.25) is 0 Å². The van der Waals surface area contributed by atoms with Crippen molar-refractivity contribution in [2.45, 2.75) is 77.7 Å². The number of nitrogens with one attached hydrogen (secondary N) is 1. The van der Waals surface area contributed by atoms with Crippen molar-refractivity contribution < 1.29 is 37.7 Å². The number of aliphatic carboxylic acids is 2. The molecule has 12 nitrogen and oxygen atoms in total. The number of pyridine rings is 2. The topological polar surface area (TPSA) is 154 Å². The summed E-state index contributed by atoms with van der Waals surface area (Å²) in [5, 5.41) is 23.8. The van der Waals surface area contributed by atoms with Gasteiger partial charge in [-0.3, -0.25) is 24.4 Å². The van der Waals surface area contributed by atoms with Gasteiger partial charge in [0, 0.05) is 53.8 Å². The SMILES string of the molecule is Cc1c(Nc2nccc3cc(CN4CCCCC4C(=O)O)cnc23)cccc1-c1cccc(-c2nc3cc(CN4CCCC4C(=O)O)c(OC(F)F)cc3o2)c1C. The van der Waals surface area contributed by atoms with E-state index in [9.17, 15) is 28.6 Å². The van der Waals surface area contributed by atoms with Gasteiger partial charge in [0.1, 0.15) is 28.9 Å². The third-order valence-corrected chi connectivity index (χ3v) is 11.2. The van der Waals surface area contributed by atoms with Gasteiger partial charge in [-0.25, -0.2) is 9.97 Å². The van der Waals surface area contributed by atoms with Crippen LogP contribution >= 0.6 is 0 Å². The largest absolute Gasteiger partial charge is 0.480 e. The maximum Gasteiger partial charge on any atom is 0.387 e. The number of rotatable bonds is 12. The van der Waals surface area contributed by atoms with Crippen LogP contribution in [-0.4, -0.2) is 78.7 Å². The average Bonchev–Trinajstić information content (AvgIpc) is 3.83. The van der Waals surface area contributed by atoms with Gasteiger partial charge in [-0.05, 0) is 111 Å². The molecule has 0 radical (unpaired) electrons. The maximum absolute atomic E-state index is 13.5. The number of anilines is 2. The number of piperidine rings is 1. The number of benzene rings is 3. The summed E-state index contributed by atoms with van der Waals surface area (Å²) in [6, 6.07) is 17.6. The van der Waals surface area contributed by atoms with Gasteiger partial charge in [-0.15, -0.1) is 0 Å². The molecule has 0 aliphatic carbocycles. The van der Waals surface area contributed by atoms with Crippen LogP contribution in [0.3, 0.4) is 0 Å². The predicted molar refractivity (Wildman–Crippen MR) is 211 cm³/mol. The molecule has 0 spiro atoms. The van der Waals surface area contributed by atoms with E-state index in [4.69, 9.17) is 19.1 Å². The predicted octanol–water partition coefficient (Wildman–Crippen LogP) is 8.55. The standard InChI is InChI=1S/C43H42F2N6O6/c1-24-29(8-5-10-31(24)40-49-33-19-28(23-51-17-7-13-35(51)42(54)55)36(57-43(44)45)20-37(33)56-40)30-9-6-11-32(25(30)2)48-39-38-27(14-15-46-39)18-26(21-47-38)22-50-16-4-3-12-34(50)41(52)53/h5-6,8-11,14-15,18-21,34-35,43H,3-4,7,12-13,16-17,22-23H2,1-2H3,(H,46,48)(H,52,53)(H,54,55). The molecule has 294 valence electrons. The summed E-state index contributed by atoms with van der Waals surface area (Å²) in [6.45, 7) is 2.83. The number of nitrogens with zero attached hydrogens (tertiary/aromatic N) is 5. The molecule has 2 saturated heterocycles. The first-order valence-corrected chi connectivity index (χ1v) is 19.1. The number of alkyl halides is 2. The average molecular weight is 777 g/mol. The summed E-state index contributed by atoms with van der Waals surface area (Å²) >= 11 is 0. The van der Waals surface area contributed by atoms with Crippen molar-refractivity contribution in [1.29, 1.82) is 0 Å². The third kappa shape index (κ3) is 7.74. The van der Waals surface area contributed by atoms with Crippen LogP contribution in [0.4, 0.5) is 20.3 Å². The van der Waals surface area contributed by atoms with Crippen LogP contribution in [0.15, 0.2) is 77.5 Å². The van der Waals surface area contributed by atoms with E-state index in [1.807, 2.05) is 67.3 Å². The Kier molecular flexibility index (Phi) is 10.6. The molecule has 6 aromatic rings. The number of fused-ring (bicyclic) bond motifs is 2. The smallest absolute Gasteiger partial charge is 0.387 e. The lowest BCUT2D eigenvalue weighted by Crippen LogP contribution is -2.44. The number of oxazole rings is 1. The van der Waals surface area contributed by atoms with Crippen molar-refractivity contribution in [3.63, 3.8) is 0 Å². The minimum Gasteiger partial charge on any atom is -0.480 e. The molecule has 3 aromatic heterocycles. The van der Waals surface area contributed by atoms with Gasteiger partial charge >= 0.3 is 18.6 Å². The van der Waals surface area contributed by atoms with Crippen molar-refractivity contribution in [2.24, 2.45) is 0 Å². The minimum atomic E-state index is -3.07. The molecule has 57 heavy (non-hydrogen) atoms. The van der Waals surface area contributed by atoms with Gasteiger partial charge in [0.2, 0.25) is 5.89 Å². The van der Waals surface area contributed by atoms with Crippen molar-refractivity contribution >= 4 is 45.4 Å². The van der Waals surface area contributed by atoms with E-state index in [1.165, 1.54) is 6.07 Å². The van der Waals surface area contributed by atoms with Crippen molar-refractivity contribution in [3.8, 4) is 28.3 Å². The fourth-order valence-electron chi connectivity index (χ4n) is 8.28. The molecule has 0 bridgehead atoms. The van der Waals surface area contributed by atoms with E-state index >= 15 is 0 Å². The second-order valence-corrected chi connectivity index (χ2v) is 14.8. The molecule has 3 N–H and O–H groups in total. The van der Waals surface area contributed by atoms with Crippen LogP contribution in [0.1, 0.15) is 54.4 Å². The monoisotopic (exact) mass is 776 g/mol. The first-order chi connectivity index (χ1) is 27.5. The van der Waals surface area contributed by atoms with Gasteiger partial charge in [0.15, 0.2) is 11.4 Å². The summed E-state index contributed by atoms with van der Waals surface area (Å²) in [4.78, 5) is 41.6. The van der Waals surface area contributed by atoms with Gasteiger partial charge in [0.25, 0.3) is 0 Å². The van der Waals surface area contributed by atoms with Crippen LogP contribution < -0.4 is 10.1 Å². The van der Waals surface area contributed by atoms with Crippen molar-refractivity contribution in [2.75, 3.05) is 18.4 Å². The van der Waals surface area contributed by atoms with Gasteiger partial charge in [-0.2, -0.15) is 8.78 Å². The molecule has 3 aromatic carbocycles. The number of carboxylic acids is 2. The molecule has 2 atom stereocenters. The fraction of sp³-hybridized carbons (Fsp3) is 0.326. The lowest BCUT2D eigenvalue weighted by Gasteiger charge is -2.32. The van der Waals surface area contributed by atoms with E-state index in [-0.39, 0.29) is 17.9 Å². The quantitative estimate of drug-likeness (QED) is 0.109. The molecule has 2 fully saturated rings. The molecule has 0 saturated carbocycles. The van der Waals surface area contributed by atoms with Gasteiger partial charge in [0.05, 0.1) is 0 Å². The highest BCUT2D eigenvalue weighted by molar-refractivity contribution is 5.91. The molecule has 8 rings (SSSR count). The summed E-state index contributed by atoms with van der Waals surface area (Å²) in [7, 11) is 0. The molecule has 0 amide bonds. The number of likely N-dealkylation sites (tertiary alicyclic amines) is 2. The van der Waals surface area contributed by atoms with Crippen LogP contribution in [0.25, 0.3) is 44.6 Å². The lowest BCUT2D eigenvalue weighted by molar-refractivity contribution is -0.145. The highest BCUT2D eigenvalue weighted by Crippen LogP contribution is 2.39. The molecule has 2 aliphatic heterocycles. The number of carboxylic acid groups (broad SMARTS) is 2. The number of aromatic nitrogens is 3. The second-order valence-electron chi connectivity index (χ2n) is 14.8. The zero-order valence-electron chi connectivity index (χ0n) is 31.5. The van der Waals surface area contributed by atoms with Crippen molar-refractivity contribution in [1.82, 2.24) is 24.8 Å². The maximum atomic E-state index is 13.5. The van der Waals surface area contributed by atoms with Crippen molar-refractivity contribution in [3.05, 3.63) is 95.3 Å². The second kappa shape index (κ2) is 15.9. The Bertz CT molecular complexity index is 2490. The number of carbonyl (C=O) groups is 2. The molecular formula is C43H42F2N6O6. The van der Waals surface area contributed by atoms with Crippen LogP contribution in [0, 0.1) is 13.8 Å². The summed E-state index contributed by atoms with van der Waals surface area (Å²) in [6.07, 6.45) is 7.25.